The summed E-state index contributed by atoms with van der Waals surface area (Å²) in [5.74, 6) is 0. The first kappa shape index (κ1) is 54.5. The fourth-order valence-corrected chi connectivity index (χ4v) is 0. The molecule has 0 atom stereocenters. The Balaban J connectivity index is 0. The van der Waals surface area contributed by atoms with Crippen LogP contribution in [0.2, 0.25) is 0 Å². The molecule has 0 amide bonds. The summed E-state index contributed by atoms with van der Waals surface area (Å²) in [6.07, 6.45) is 0. The molecule has 0 aliphatic heterocycles. The van der Waals surface area contributed by atoms with Gasteiger partial charge in [0.2, 0.25) is 0 Å². The minimum absolute atomic E-state index is 0. The molecule has 0 saturated carbocycles. The average Bonchev–Trinajstić information content (AvgIpc) is 0. The van der Waals surface area contributed by atoms with Gasteiger partial charge >= 0.3 is 59.8 Å². The van der Waals surface area contributed by atoms with Crippen molar-refractivity contribution >= 4 is 8.41 Å². The molecule has 6 heteroatoms. The Morgan fingerprint density at radius 1 is 0.500 bits per heavy atom. The maximum Gasteiger partial charge on any atom is 3.00 e. The average molecular weight is 370 g/mol. The summed E-state index contributed by atoms with van der Waals surface area (Å²) in [5.41, 5.74) is 0. The zero-order valence-electron chi connectivity index (χ0n) is 3.09. The van der Waals surface area contributed by atoms with Crippen molar-refractivity contribution in [3.63, 3.8) is 0 Å². The monoisotopic (exact) mass is 366 g/mol. The molecule has 0 N–H and O–H groups in total. The summed E-state index contributed by atoms with van der Waals surface area (Å²) in [6.45, 7) is 0. The third-order valence-electron chi connectivity index (χ3n) is 0. The Kier molecular flexibility index (Phi) is 347. The van der Waals surface area contributed by atoms with E-state index in [0.717, 1.165) is 0 Å². The number of hydrogen-bond donors (Lipinski definition) is 0. The van der Waals surface area contributed by atoms with Gasteiger partial charge in [-0.1, -0.05) is 0 Å². The largest absolute Gasteiger partial charge is 3.00 e. The van der Waals surface area contributed by atoms with Crippen molar-refractivity contribution in [2.24, 2.45) is 0 Å². The molecule has 0 heterocycles. The van der Waals surface area contributed by atoms with E-state index in [1.807, 2.05) is 0 Å². The molecule has 0 aromatic heterocycles. The van der Waals surface area contributed by atoms with Crippen molar-refractivity contribution in [2.45, 2.75) is 0 Å². The zero-order chi connectivity index (χ0) is 0. The van der Waals surface area contributed by atoms with E-state index in [2.05, 4.69) is 0 Å². The smallest absolute Gasteiger partial charge is 1.00 e. The molecule has 6 heavy (non-hydrogen) atoms. The fraction of sp³-hybridized carbons (Fsp3) is 0. The molecule has 0 nitrogen and oxygen atoms in total. The molecule has 0 radical (unpaired) electrons. The second-order valence-corrected chi connectivity index (χ2v) is 0. The second-order valence-electron chi connectivity index (χ2n) is 0. The van der Waals surface area contributed by atoms with Gasteiger partial charge in [0.1, 0.15) is 0 Å². The Morgan fingerprint density at radius 3 is 0.500 bits per heavy atom. The minimum atomic E-state index is 0. The first-order valence-electron chi connectivity index (χ1n) is 0. The van der Waals surface area contributed by atoms with Gasteiger partial charge < -0.3 is 67.9 Å². The first-order valence-corrected chi connectivity index (χ1v) is 0. The standard InChI is InChI=1S/B.4BrH.K/h;4*1H;/q+3;;;;;+1/p-4. The van der Waals surface area contributed by atoms with Crippen molar-refractivity contribution in [3.8, 4) is 0 Å². The van der Waals surface area contributed by atoms with E-state index in [-0.39, 0.29) is 128 Å². The molecular formula is BBr4K. The van der Waals surface area contributed by atoms with Crippen LogP contribution in [0.25, 0.3) is 0 Å². The van der Waals surface area contributed by atoms with E-state index in [1.54, 1.807) is 0 Å². The van der Waals surface area contributed by atoms with Crippen molar-refractivity contribution in [3.05, 3.63) is 0 Å². The fourth-order valence-electron chi connectivity index (χ4n) is 0. The van der Waals surface area contributed by atoms with Gasteiger partial charge in [0, 0.05) is 0 Å². The summed E-state index contributed by atoms with van der Waals surface area (Å²) >= 11 is 0. The Bertz CT molecular complexity index is 7.51. The van der Waals surface area contributed by atoms with Crippen molar-refractivity contribution in [2.75, 3.05) is 0 Å². The van der Waals surface area contributed by atoms with Gasteiger partial charge in [-0.25, -0.2) is 0 Å². The maximum absolute atomic E-state index is 0. The van der Waals surface area contributed by atoms with Gasteiger partial charge in [0.15, 0.2) is 0 Å². The Labute approximate surface area is 125 Å². The van der Waals surface area contributed by atoms with Crippen LogP contribution < -0.4 is 119 Å². The van der Waals surface area contributed by atoms with Crippen LogP contribution in [0.4, 0.5) is 0 Å². The molecular weight excluding hydrogens is 370 g/mol. The zero-order valence-corrected chi connectivity index (χ0v) is 12.6. The van der Waals surface area contributed by atoms with Gasteiger partial charge in [0.05, 0.1) is 0 Å². The van der Waals surface area contributed by atoms with Gasteiger partial charge in [-0.05, 0) is 0 Å². The summed E-state index contributed by atoms with van der Waals surface area (Å²) in [7, 11) is 0. The third kappa shape index (κ3) is 25.5. The SMILES string of the molecule is [B+3].[Br-].[Br-].[Br-].[Br-].[K+]. The van der Waals surface area contributed by atoms with Crippen LogP contribution in [0.15, 0.2) is 0 Å². The number of rotatable bonds is 0. The molecule has 0 rings (SSSR count). The molecule has 0 bridgehead atoms. The van der Waals surface area contributed by atoms with Crippen LogP contribution in [0.5, 0.6) is 0 Å². The molecule has 0 spiro atoms. The molecule has 0 fully saturated rings. The second kappa shape index (κ2) is 38.2. The Hall–Kier alpha value is 3.62. The predicted octanol–water partition coefficient (Wildman–Crippen LogP) is -15.4. The van der Waals surface area contributed by atoms with Gasteiger partial charge in [-0.3, -0.25) is 0 Å². The van der Waals surface area contributed by atoms with Gasteiger partial charge in [-0.2, -0.15) is 0 Å². The first-order chi connectivity index (χ1) is 0. The normalized spacial score (nSPS) is 0. The maximum atomic E-state index is 0. The molecule has 0 unspecified atom stereocenters. The molecule has 32 valence electrons. The number of halogens is 4. The van der Waals surface area contributed by atoms with Gasteiger partial charge in [0.25, 0.3) is 0 Å². The molecule has 0 aromatic rings. The summed E-state index contributed by atoms with van der Waals surface area (Å²) < 4.78 is 0. The van der Waals surface area contributed by atoms with Crippen LogP contribution in [0.3, 0.4) is 0 Å². The quantitative estimate of drug-likeness (QED) is 0.372. The van der Waals surface area contributed by atoms with Crippen LogP contribution in [-0.2, 0) is 0 Å². The Morgan fingerprint density at radius 2 is 0.500 bits per heavy atom. The van der Waals surface area contributed by atoms with E-state index in [1.165, 1.54) is 0 Å². The van der Waals surface area contributed by atoms with Crippen molar-refractivity contribution in [1.82, 2.24) is 0 Å². The molecule has 0 aromatic carbocycles. The van der Waals surface area contributed by atoms with E-state index >= 15 is 0 Å². The number of hydrogen-bond acceptors (Lipinski definition) is 0. The van der Waals surface area contributed by atoms with Crippen LogP contribution in [0, 0.1) is 0 Å². The summed E-state index contributed by atoms with van der Waals surface area (Å²) in [4.78, 5) is 0. The third-order valence-corrected chi connectivity index (χ3v) is 0. The molecule has 0 aliphatic rings. The van der Waals surface area contributed by atoms with Crippen molar-refractivity contribution < 1.29 is 119 Å². The predicted molar refractivity (Wildman–Crippen MR) is 5.75 cm³/mol. The topological polar surface area (TPSA) is 0 Å². The minimum Gasteiger partial charge on any atom is -1.00 e. The van der Waals surface area contributed by atoms with E-state index in [0.29, 0.717) is 0 Å². The van der Waals surface area contributed by atoms with E-state index in [4.69, 9.17) is 0 Å². The van der Waals surface area contributed by atoms with E-state index < -0.39 is 0 Å². The summed E-state index contributed by atoms with van der Waals surface area (Å²) in [6, 6.07) is 0. The summed E-state index contributed by atoms with van der Waals surface area (Å²) in [5, 5.41) is 0. The van der Waals surface area contributed by atoms with Crippen LogP contribution >= 0.6 is 0 Å². The molecule has 0 aliphatic carbocycles. The molecule has 0 saturated heterocycles. The van der Waals surface area contributed by atoms with Crippen LogP contribution in [0.1, 0.15) is 0 Å². The van der Waals surface area contributed by atoms with Crippen molar-refractivity contribution in [1.29, 1.82) is 0 Å². The van der Waals surface area contributed by atoms with Gasteiger partial charge in [-0.15, -0.1) is 0 Å². The van der Waals surface area contributed by atoms with Crippen LogP contribution in [-0.4, -0.2) is 8.41 Å². The van der Waals surface area contributed by atoms with E-state index in [9.17, 15) is 0 Å².